The Morgan fingerprint density at radius 1 is 1.19 bits per heavy atom. The highest BCUT2D eigenvalue weighted by molar-refractivity contribution is 5.94. The van der Waals surface area contributed by atoms with Gasteiger partial charge in [-0.1, -0.05) is 12.1 Å². The lowest BCUT2D eigenvalue weighted by Crippen LogP contribution is -2.24. The van der Waals surface area contributed by atoms with E-state index in [1.54, 1.807) is 16.9 Å². The highest BCUT2D eigenvalue weighted by Gasteiger charge is 2.17. The van der Waals surface area contributed by atoms with Crippen LogP contribution >= 0.6 is 0 Å². The van der Waals surface area contributed by atoms with Crippen LogP contribution < -0.4 is 0 Å². The lowest BCUT2D eigenvalue weighted by molar-refractivity contribution is -0.154. The Morgan fingerprint density at radius 2 is 2.00 bits per heavy atom. The molecule has 0 atom stereocenters. The van der Waals surface area contributed by atoms with Crippen LogP contribution in [-0.2, 0) is 23.0 Å². The third-order valence-electron chi connectivity index (χ3n) is 4.79. The highest BCUT2D eigenvalue weighted by atomic mass is 19.1. The number of hydrogen-bond acceptors (Lipinski definition) is 5. The van der Waals surface area contributed by atoms with Gasteiger partial charge in [-0.2, -0.15) is 5.10 Å². The van der Waals surface area contributed by atoms with Crippen LogP contribution in [0.2, 0.25) is 0 Å². The number of aryl methyl sites for hydroxylation is 2. The quantitative estimate of drug-likeness (QED) is 0.482. The summed E-state index contributed by atoms with van der Waals surface area (Å²) in [5, 5.41) is 4.99. The van der Waals surface area contributed by atoms with Gasteiger partial charge in [0.05, 0.1) is 17.6 Å². The minimum Gasteiger partial charge on any atom is -0.460 e. The average molecular weight is 421 g/mol. The van der Waals surface area contributed by atoms with E-state index in [0.29, 0.717) is 22.5 Å². The number of carbonyl (C=O) groups excluding carboxylic acids is 1. The summed E-state index contributed by atoms with van der Waals surface area (Å²) in [5.74, 6) is -0.723. The van der Waals surface area contributed by atoms with E-state index in [0.717, 1.165) is 16.6 Å². The molecule has 0 bridgehead atoms. The van der Waals surface area contributed by atoms with Gasteiger partial charge in [-0.25, -0.2) is 14.4 Å². The molecule has 0 radical (unpaired) electrons. The lowest BCUT2D eigenvalue weighted by Gasteiger charge is -2.19. The summed E-state index contributed by atoms with van der Waals surface area (Å²) < 4.78 is 21.8. The van der Waals surface area contributed by atoms with Gasteiger partial charge in [0.1, 0.15) is 23.4 Å². The van der Waals surface area contributed by atoms with Gasteiger partial charge >= 0.3 is 5.97 Å². The second-order valence-corrected chi connectivity index (χ2v) is 8.46. The molecule has 4 rings (SSSR count). The third kappa shape index (κ3) is 4.63. The summed E-state index contributed by atoms with van der Waals surface area (Å²) in [7, 11) is 1.85. The molecule has 31 heavy (non-hydrogen) atoms. The van der Waals surface area contributed by atoms with Crippen LogP contribution in [0.5, 0.6) is 0 Å². The minimum absolute atomic E-state index is 0.123. The Labute approximate surface area is 179 Å². The fourth-order valence-electron chi connectivity index (χ4n) is 3.41. The van der Waals surface area contributed by atoms with Gasteiger partial charge < -0.3 is 9.72 Å². The van der Waals surface area contributed by atoms with E-state index in [1.807, 2.05) is 46.1 Å². The molecule has 3 aromatic heterocycles. The molecule has 0 saturated carbocycles. The summed E-state index contributed by atoms with van der Waals surface area (Å²) >= 11 is 0. The summed E-state index contributed by atoms with van der Waals surface area (Å²) in [4.78, 5) is 23.9. The maximum absolute atomic E-state index is 14.8. The molecule has 0 spiro atoms. The SMILES string of the molecule is Cn1cc(-c2cc3c(-c4ccc(CCC(=O)OC(C)(C)C)c(F)c4)ncnc3[nH]2)cn1. The molecule has 0 unspecified atom stereocenters. The fourth-order valence-corrected chi connectivity index (χ4v) is 3.41. The number of carbonyl (C=O) groups is 1. The van der Waals surface area contributed by atoms with Crippen molar-refractivity contribution in [1.82, 2.24) is 24.7 Å². The highest BCUT2D eigenvalue weighted by Crippen LogP contribution is 2.30. The standard InChI is InChI=1S/C23H24FN5O2/c1-23(2,3)31-20(30)8-7-14-5-6-15(9-18(14)24)21-17-10-19(16-11-27-29(4)12-16)28-22(17)26-13-25-21/h5-6,9-13H,7-8H2,1-4H3,(H,25,26,28). The Kier molecular flexibility index (Phi) is 5.31. The first kappa shape index (κ1) is 20.7. The number of rotatable bonds is 5. The van der Waals surface area contributed by atoms with Crippen molar-refractivity contribution in [3.05, 3.63) is 54.4 Å². The topological polar surface area (TPSA) is 85.7 Å². The molecule has 0 aliphatic rings. The van der Waals surface area contributed by atoms with Crippen molar-refractivity contribution >= 4 is 17.0 Å². The van der Waals surface area contributed by atoms with Crippen molar-refractivity contribution < 1.29 is 13.9 Å². The number of aromatic nitrogens is 5. The molecule has 3 heterocycles. The predicted octanol–water partition coefficient (Wildman–Crippen LogP) is 4.44. The maximum atomic E-state index is 14.8. The zero-order valence-corrected chi connectivity index (χ0v) is 17.9. The Bertz CT molecular complexity index is 1250. The van der Waals surface area contributed by atoms with Crippen LogP contribution in [0, 0.1) is 5.82 Å². The van der Waals surface area contributed by atoms with Crippen LogP contribution in [0.3, 0.4) is 0 Å². The number of ether oxygens (including phenoxy) is 1. The molecule has 7 nitrogen and oxygen atoms in total. The second kappa shape index (κ2) is 7.94. The largest absolute Gasteiger partial charge is 0.460 e. The van der Waals surface area contributed by atoms with Crippen LogP contribution in [-0.4, -0.2) is 36.3 Å². The van der Waals surface area contributed by atoms with Crippen LogP contribution in [0.15, 0.2) is 43.0 Å². The molecule has 0 fully saturated rings. The molecule has 1 aromatic carbocycles. The molecule has 160 valence electrons. The number of halogens is 1. The maximum Gasteiger partial charge on any atom is 0.306 e. The van der Waals surface area contributed by atoms with E-state index in [9.17, 15) is 9.18 Å². The van der Waals surface area contributed by atoms with E-state index in [-0.39, 0.29) is 24.6 Å². The number of nitrogens with zero attached hydrogens (tertiary/aromatic N) is 4. The molecule has 1 N–H and O–H groups in total. The van der Waals surface area contributed by atoms with Crippen LogP contribution in [0.4, 0.5) is 4.39 Å². The Balaban J connectivity index is 1.59. The second-order valence-electron chi connectivity index (χ2n) is 8.46. The number of benzene rings is 1. The van der Waals surface area contributed by atoms with E-state index in [4.69, 9.17) is 4.74 Å². The molecular weight excluding hydrogens is 397 g/mol. The smallest absolute Gasteiger partial charge is 0.306 e. The Morgan fingerprint density at radius 3 is 2.68 bits per heavy atom. The van der Waals surface area contributed by atoms with E-state index in [1.165, 1.54) is 12.4 Å². The molecule has 0 saturated heterocycles. The zero-order valence-electron chi connectivity index (χ0n) is 17.9. The first-order chi connectivity index (χ1) is 14.7. The van der Waals surface area contributed by atoms with Gasteiger partial charge in [0.2, 0.25) is 0 Å². The van der Waals surface area contributed by atoms with E-state index in [2.05, 4.69) is 20.1 Å². The van der Waals surface area contributed by atoms with Crippen molar-refractivity contribution in [3.8, 4) is 22.5 Å². The number of esters is 1. The summed E-state index contributed by atoms with van der Waals surface area (Å²) in [6.07, 6.45) is 5.51. The predicted molar refractivity (Wildman–Crippen MR) is 116 cm³/mol. The number of aromatic amines is 1. The van der Waals surface area contributed by atoms with Gasteiger partial charge in [-0.05, 0) is 44.9 Å². The summed E-state index contributed by atoms with van der Waals surface area (Å²) in [6.45, 7) is 5.43. The van der Waals surface area contributed by atoms with E-state index >= 15 is 0 Å². The normalized spacial score (nSPS) is 11.8. The van der Waals surface area contributed by atoms with Gasteiger partial charge in [-0.15, -0.1) is 0 Å². The van der Waals surface area contributed by atoms with Crippen molar-refractivity contribution in [3.63, 3.8) is 0 Å². The van der Waals surface area contributed by atoms with Crippen molar-refractivity contribution in [2.45, 2.75) is 39.2 Å². The van der Waals surface area contributed by atoms with Gasteiger partial charge in [0.15, 0.2) is 0 Å². The zero-order chi connectivity index (χ0) is 22.2. The van der Waals surface area contributed by atoms with Gasteiger partial charge in [0.25, 0.3) is 0 Å². The van der Waals surface area contributed by atoms with Crippen LogP contribution in [0.1, 0.15) is 32.8 Å². The monoisotopic (exact) mass is 421 g/mol. The summed E-state index contributed by atoms with van der Waals surface area (Å²) in [6, 6.07) is 6.89. The van der Waals surface area contributed by atoms with Gasteiger partial charge in [-0.3, -0.25) is 9.48 Å². The van der Waals surface area contributed by atoms with Gasteiger partial charge in [0, 0.05) is 36.2 Å². The molecule has 4 aromatic rings. The van der Waals surface area contributed by atoms with Crippen molar-refractivity contribution in [2.75, 3.05) is 0 Å². The number of H-pyrrole nitrogens is 1. The van der Waals surface area contributed by atoms with E-state index < -0.39 is 5.60 Å². The van der Waals surface area contributed by atoms with Crippen molar-refractivity contribution in [2.24, 2.45) is 7.05 Å². The molecule has 0 aliphatic carbocycles. The summed E-state index contributed by atoms with van der Waals surface area (Å²) in [5.41, 5.74) is 3.64. The molecule has 0 amide bonds. The number of hydrogen-bond donors (Lipinski definition) is 1. The average Bonchev–Trinajstić information content (AvgIpc) is 3.31. The number of fused-ring (bicyclic) bond motifs is 1. The first-order valence-electron chi connectivity index (χ1n) is 10.0. The van der Waals surface area contributed by atoms with Crippen molar-refractivity contribution in [1.29, 1.82) is 0 Å². The molecular formula is C23H24FN5O2. The fraction of sp³-hybridized carbons (Fsp3) is 0.304. The molecule has 8 heteroatoms. The Hall–Kier alpha value is -3.55. The number of nitrogens with one attached hydrogen (secondary N) is 1. The minimum atomic E-state index is -0.552. The van der Waals surface area contributed by atoms with Crippen LogP contribution in [0.25, 0.3) is 33.5 Å². The lowest BCUT2D eigenvalue weighted by atomic mass is 10.0. The third-order valence-corrected chi connectivity index (χ3v) is 4.79. The first-order valence-corrected chi connectivity index (χ1v) is 10.0. The molecule has 0 aliphatic heterocycles.